The second kappa shape index (κ2) is 6.97. The van der Waals surface area contributed by atoms with Crippen molar-refractivity contribution in [1.29, 1.82) is 0 Å². The number of amides is 2. The Kier molecular flexibility index (Phi) is 5.28. The van der Waals surface area contributed by atoms with E-state index in [1.807, 2.05) is 0 Å². The van der Waals surface area contributed by atoms with Gasteiger partial charge in [-0.1, -0.05) is 11.8 Å². The van der Waals surface area contributed by atoms with Crippen LogP contribution in [0.5, 0.6) is 0 Å². The Bertz CT molecular complexity index is 402. The van der Waals surface area contributed by atoms with Crippen LogP contribution >= 0.6 is 11.8 Å². The number of carboxylic acids is 1. The van der Waals surface area contributed by atoms with Gasteiger partial charge in [0.15, 0.2) is 0 Å². The van der Waals surface area contributed by atoms with Gasteiger partial charge in [-0.2, -0.15) is 0 Å². The van der Waals surface area contributed by atoms with Gasteiger partial charge in [-0.05, 0) is 18.8 Å². The van der Waals surface area contributed by atoms with Gasteiger partial charge < -0.3 is 14.9 Å². The number of rotatable bonds is 6. The predicted octanol–water partition coefficient (Wildman–Crippen LogP) is 1.26. The lowest BCUT2D eigenvalue weighted by atomic mass is 10.0. The average molecular weight is 300 g/mol. The van der Waals surface area contributed by atoms with Gasteiger partial charge in [0.25, 0.3) is 5.24 Å². The molecule has 0 spiro atoms. The molecule has 0 saturated carbocycles. The van der Waals surface area contributed by atoms with E-state index in [0.717, 1.165) is 18.7 Å². The zero-order valence-electron chi connectivity index (χ0n) is 11.4. The second-order valence-corrected chi connectivity index (χ2v) is 6.32. The number of carboxylic acid groups (broad SMARTS) is 1. The summed E-state index contributed by atoms with van der Waals surface area (Å²) >= 11 is 1.31. The number of hydrogen-bond donors (Lipinski definition) is 1. The van der Waals surface area contributed by atoms with Crippen molar-refractivity contribution in [2.75, 3.05) is 31.9 Å². The van der Waals surface area contributed by atoms with Gasteiger partial charge in [0.2, 0.25) is 5.91 Å². The molecule has 0 aromatic rings. The van der Waals surface area contributed by atoms with Crippen LogP contribution in [-0.4, -0.2) is 64.0 Å². The van der Waals surface area contributed by atoms with E-state index in [9.17, 15) is 14.4 Å². The molecular formula is C13H20N2O4S. The molecule has 0 radical (unpaired) electrons. The maximum Gasteiger partial charge on any atom is 0.303 e. The minimum absolute atomic E-state index is 0.0681. The summed E-state index contributed by atoms with van der Waals surface area (Å²) in [7, 11) is 0. The molecule has 2 heterocycles. The zero-order chi connectivity index (χ0) is 14.5. The van der Waals surface area contributed by atoms with Crippen LogP contribution in [0, 0.1) is 5.92 Å². The summed E-state index contributed by atoms with van der Waals surface area (Å²) < 4.78 is 0. The molecule has 112 valence electrons. The van der Waals surface area contributed by atoms with E-state index < -0.39 is 5.97 Å². The van der Waals surface area contributed by atoms with Crippen LogP contribution in [-0.2, 0) is 9.59 Å². The van der Waals surface area contributed by atoms with Crippen molar-refractivity contribution in [2.24, 2.45) is 5.92 Å². The summed E-state index contributed by atoms with van der Waals surface area (Å²) in [5.41, 5.74) is 0. The molecule has 0 aliphatic carbocycles. The fraction of sp³-hybridized carbons (Fsp3) is 0.769. The van der Waals surface area contributed by atoms with Crippen LogP contribution in [0.4, 0.5) is 4.79 Å². The van der Waals surface area contributed by atoms with Crippen LogP contribution in [0.15, 0.2) is 0 Å². The molecule has 1 N–H and O–H groups in total. The summed E-state index contributed by atoms with van der Waals surface area (Å²) in [4.78, 5) is 37.5. The van der Waals surface area contributed by atoms with Crippen molar-refractivity contribution < 1.29 is 19.5 Å². The van der Waals surface area contributed by atoms with E-state index in [0.29, 0.717) is 38.4 Å². The fourth-order valence-electron chi connectivity index (χ4n) is 2.64. The number of nitrogens with zero attached hydrogens (tertiary/aromatic N) is 2. The third-order valence-electron chi connectivity index (χ3n) is 3.85. The van der Waals surface area contributed by atoms with Crippen LogP contribution in [0.1, 0.15) is 25.7 Å². The van der Waals surface area contributed by atoms with Crippen LogP contribution in [0.3, 0.4) is 0 Å². The number of thioether (sulfide) groups is 1. The SMILES string of the molecule is O=C(O)CCC1CCN(C(=O)CCN2CCSC2=O)C1. The largest absolute Gasteiger partial charge is 0.481 e. The topological polar surface area (TPSA) is 77.9 Å². The number of likely N-dealkylation sites (tertiary alicyclic amines) is 1. The predicted molar refractivity (Wildman–Crippen MR) is 75.6 cm³/mol. The molecule has 0 aromatic carbocycles. The maximum absolute atomic E-state index is 12.1. The van der Waals surface area contributed by atoms with E-state index in [1.165, 1.54) is 11.8 Å². The van der Waals surface area contributed by atoms with Gasteiger partial charge in [-0.25, -0.2) is 0 Å². The van der Waals surface area contributed by atoms with E-state index in [4.69, 9.17) is 5.11 Å². The highest BCUT2D eigenvalue weighted by molar-refractivity contribution is 8.13. The van der Waals surface area contributed by atoms with E-state index >= 15 is 0 Å². The Labute approximate surface area is 122 Å². The first-order valence-corrected chi connectivity index (χ1v) is 7.96. The molecule has 7 heteroatoms. The highest BCUT2D eigenvalue weighted by Crippen LogP contribution is 2.22. The molecule has 2 fully saturated rings. The van der Waals surface area contributed by atoms with Crippen molar-refractivity contribution in [2.45, 2.75) is 25.7 Å². The van der Waals surface area contributed by atoms with Gasteiger partial charge in [0.05, 0.1) is 0 Å². The first-order valence-electron chi connectivity index (χ1n) is 6.97. The molecule has 2 rings (SSSR count). The normalized spacial score (nSPS) is 22.6. The molecule has 0 bridgehead atoms. The molecular weight excluding hydrogens is 280 g/mol. The second-order valence-electron chi connectivity index (χ2n) is 5.28. The first kappa shape index (κ1) is 15.2. The molecule has 20 heavy (non-hydrogen) atoms. The van der Waals surface area contributed by atoms with Gasteiger partial charge in [-0.15, -0.1) is 0 Å². The summed E-state index contributed by atoms with van der Waals surface area (Å²) in [6, 6.07) is 0. The third-order valence-corrected chi connectivity index (χ3v) is 4.74. The van der Waals surface area contributed by atoms with Crippen LogP contribution in [0.2, 0.25) is 0 Å². The number of carbonyl (C=O) groups excluding carboxylic acids is 2. The Morgan fingerprint density at radius 2 is 2.10 bits per heavy atom. The Balaban J connectivity index is 1.68. The lowest BCUT2D eigenvalue weighted by molar-refractivity contribution is -0.137. The van der Waals surface area contributed by atoms with Crippen molar-refractivity contribution in [1.82, 2.24) is 9.80 Å². The highest BCUT2D eigenvalue weighted by atomic mass is 32.2. The van der Waals surface area contributed by atoms with E-state index in [-0.39, 0.29) is 17.6 Å². The maximum atomic E-state index is 12.1. The summed E-state index contributed by atoms with van der Waals surface area (Å²) in [5.74, 6) is 0.417. The minimum atomic E-state index is -0.778. The molecule has 6 nitrogen and oxygen atoms in total. The fourth-order valence-corrected chi connectivity index (χ4v) is 3.49. The Morgan fingerprint density at radius 3 is 2.75 bits per heavy atom. The van der Waals surface area contributed by atoms with Gasteiger partial charge in [-0.3, -0.25) is 14.4 Å². The quantitative estimate of drug-likeness (QED) is 0.799. The first-order chi connectivity index (χ1) is 9.56. The van der Waals surface area contributed by atoms with Crippen molar-refractivity contribution in [3.8, 4) is 0 Å². The summed E-state index contributed by atoms with van der Waals surface area (Å²) in [6.07, 6.45) is 2.07. The monoisotopic (exact) mass is 300 g/mol. The molecule has 1 unspecified atom stereocenters. The van der Waals surface area contributed by atoms with Crippen molar-refractivity contribution in [3.05, 3.63) is 0 Å². The van der Waals surface area contributed by atoms with Gasteiger partial charge in [0.1, 0.15) is 0 Å². The molecule has 2 aliphatic heterocycles. The average Bonchev–Trinajstić information content (AvgIpc) is 3.02. The molecule has 2 aliphatic rings. The zero-order valence-corrected chi connectivity index (χ0v) is 12.2. The lowest BCUT2D eigenvalue weighted by Gasteiger charge is -2.19. The smallest absolute Gasteiger partial charge is 0.303 e. The van der Waals surface area contributed by atoms with Crippen molar-refractivity contribution >= 4 is 28.9 Å². The number of carbonyl (C=O) groups is 3. The molecule has 2 saturated heterocycles. The van der Waals surface area contributed by atoms with E-state index in [2.05, 4.69) is 0 Å². The molecule has 0 aromatic heterocycles. The van der Waals surface area contributed by atoms with Gasteiger partial charge >= 0.3 is 5.97 Å². The lowest BCUT2D eigenvalue weighted by Crippen LogP contribution is -2.33. The Hall–Kier alpha value is -1.24. The molecule has 2 amide bonds. The van der Waals surface area contributed by atoms with Gasteiger partial charge in [0, 0.05) is 44.8 Å². The standard InChI is InChI=1S/C13H20N2O4S/c16-11(4-6-14-7-8-20-13(14)19)15-5-3-10(9-15)1-2-12(17)18/h10H,1-9H2,(H,17,18). The Morgan fingerprint density at radius 1 is 1.30 bits per heavy atom. The summed E-state index contributed by atoms with van der Waals surface area (Å²) in [5, 5.41) is 8.73. The van der Waals surface area contributed by atoms with Crippen LogP contribution < -0.4 is 0 Å². The molecule has 1 atom stereocenters. The van der Waals surface area contributed by atoms with E-state index in [1.54, 1.807) is 9.80 Å². The number of hydrogen-bond acceptors (Lipinski definition) is 4. The highest BCUT2D eigenvalue weighted by Gasteiger charge is 2.27. The summed E-state index contributed by atoms with van der Waals surface area (Å²) in [6.45, 7) is 2.61. The van der Waals surface area contributed by atoms with Crippen molar-refractivity contribution in [3.63, 3.8) is 0 Å². The van der Waals surface area contributed by atoms with Crippen LogP contribution in [0.25, 0.3) is 0 Å². The number of aliphatic carboxylic acids is 1. The minimum Gasteiger partial charge on any atom is -0.481 e. The third kappa shape index (κ3) is 4.13.